The van der Waals surface area contributed by atoms with Gasteiger partial charge in [0.05, 0.1) is 23.0 Å². The molecule has 19 heavy (non-hydrogen) atoms. The third kappa shape index (κ3) is 2.89. The smallest absolute Gasteiger partial charge is 0.273 e. The number of thiophene rings is 1. The lowest BCUT2D eigenvalue weighted by Gasteiger charge is -2.08. The monoisotopic (exact) mass is 279 g/mol. The summed E-state index contributed by atoms with van der Waals surface area (Å²) in [5, 5.41) is 11.2. The second kappa shape index (κ2) is 5.49. The molecule has 0 N–H and O–H groups in total. The lowest BCUT2D eigenvalue weighted by Crippen LogP contribution is -1.92. The van der Waals surface area contributed by atoms with Crippen LogP contribution in [0.4, 0.5) is 5.69 Å². The maximum Gasteiger partial charge on any atom is 0.273 e. The van der Waals surface area contributed by atoms with Crippen molar-refractivity contribution in [2.24, 2.45) is 0 Å². The Morgan fingerprint density at radius 2 is 2.05 bits per heavy atom. The first-order valence-electron chi connectivity index (χ1n) is 5.19. The minimum absolute atomic E-state index is 0.0945. The SMILES string of the molecule is COc1ccc([N+](=O)[O-])cc1Oc1ccc(C=O)s1. The molecule has 0 atom stereocenters. The fourth-order valence-electron chi connectivity index (χ4n) is 1.42. The number of benzene rings is 1. The molecule has 0 unspecified atom stereocenters. The first kappa shape index (κ1) is 13.0. The first-order chi connectivity index (χ1) is 9.13. The maximum absolute atomic E-state index is 10.7. The van der Waals surface area contributed by atoms with Crippen LogP contribution in [0, 0.1) is 10.1 Å². The number of carbonyl (C=O) groups is 1. The van der Waals surface area contributed by atoms with Crippen molar-refractivity contribution in [2.45, 2.75) is 0 Å². The van der Waals surface area contributed by atoms with Gasteiger partial charge in [0.2, 0.25) is 0 Å². The molecule has 0 saturated heterocycles. The van der Waals surface area contributed by atoms with Crippen molar-refractivity contribution in [3.8, 4) is 16.6 Å². The van der Waals surface area contributed by atoms with E-state index in [-0.39, 0.29) is 11.4 Å². The highest BCUT2D eigenvalue weighted by Crippen LogP contribution is 2.37. The van der Waals surface area contributed by atoms with Crippen LogP contribution in [0.3, 0.4) is 0 Å². The van der Waals surface area contributed by atoms with Crippen LogP contribution in [-0.2, 0) is 0 Å². The molecule has 0 saturated carbocycles. The van der Waals surface area contributed by atoms with Crippen LogP contribution in [0.2, 0.25) is 0 Å². The van der Waals surface area contributed by atoms with Gasteiger partial charge in [-0.3, -0.25) is 14.9 Å². The van der Waals surface area contributed by atoms with Crippen LogP contribution < -0.4 is 9.47 Å². The molecular formula is C12H9NO5S. The van der Waals surface area contributed by atoms with Crippen molar-refractivity contribution < 1.29 is 19.2 Å². The molecule has 1 aromatic heterocycles. The van der Waals surface area contributed by atoms with E-state index < -0.39 is 4.92 Å². The Labute approximate surface area is 112 Å². The average Bonchev–Trinajstić information content (AvgIpc) is 2.86. The number of carbonyl (C=O) groups excluding carboxylic acids is 1. The Kier molecular flexibility index (Phi) is 3.76. The summed E-state index contributed by atoms with van der Waals surface area (Å²) < 4.78 is 10.6. The van der Waals surface area contributed by atoms with Crippen LogP contribution in [0.15, 0.2) is 30.3 Å². The minimum atomic E-state index is -0.516. The van der Waals surface area contributed by atoms with Gasteiger partial charge in [-0.05, 0) is 18.2 Å². The Balaban J connectivity index is 2.33. The fraction of sp³-hybridized carbons (Fsp3) is 0.0833. The molecule has 7 heteroatoms. The summed E-state index contributed by atoms with van der Waals surface area (Å²) in [5.41, 5.74) is -0.0945. The molecule has 0 aliphatic carbocycles. The average molecular weight is 279 g/mol. The summed E-state index contributed by atoms with van der Waals surface area (Å²) in [6.07, 6.45) is 0.711. The Morgan fingerprint density at radius 3 is 2.63 bits per heavy atom. The van der Waals surface area contributed by atoms with Crippen LogP contribution in [0.1, 0.15) is 9.67 Å². The predicted octanol–water partition coefficient (Wildman–Crippen LogP) is 3.27. The summed E-state index contributed by atoms with van der Waals surface area (Å²) in [6, 6.07) is 7.29. The molecule has 0 aliphatic heterocycles. The normalized spacial score (nSPS) is 9.95. The molecule has 1 heterocycles. The number of ether oxygens (including phenoxy) is 2. The summed E-state index contributed by atoms with van der Waals surface area (Å²) in [5.74, 6) is 0.614. The molecule has 0 radical (unpaired) electrons. The molecule has 2 aromatic rings. The predicted molar refractivity (Wildman–Crippen MR) is 69.4 cm³/mol. The number of hydrogen-bond donors (Lipinski definition) is 0. The van der Waals surface area contributed by atoms with Crippen molar-refractivity contribution in [1.29, 1.82) is 0 Å². The summed E-state index contributed by atoms with van der Waals surface area (Å²) in [6.45, 7) is 0. The van der Waals surface area contributed by atoms with E-state index in [1.54, 1.807) is 12.1 Å². The van der Waals surface area contributed by atoms with Gasteiger partial charge >= 0.3 is 0 Å². The van der Waals surface area contributed by atoms with Crippen LogP contribution in [-0.4, -0.2) is 18.3 Å². The maximum atomic E-state index is 10.7. The number of nitro benzene ring substituents is 1. The van der Waals surface area contributed by atoms with Gasteiger partial charge in [-0.25, -0.2) is 0 Å². The quantitative estimate of drug-likeness (QED) is 0.477. The zero-order valence-electron chi connectivity index (χ0n) is 9.86. The molecule has 1 aromatic carbocycles. The van der Waals surface area contributed by atoms with Gasteiger partial charge < -0.3 is 9.47 Å². The van der Waals surface area contributed by atoms with Gasteiger partial charge in [-0.15, -0.1) is 0 Å². The third-order valence-corrected chi connectivity index (χ3v) is 3.18. The van der Waals surface area contributed by atoms with E-state index in [0.717, 1.165) is 11.3 Å². The number of methoxy groups -OCH3 is 1. The molecule has 0 fully saturated rings. The van der Waals surface area contributed by atoms with E-state index in [2.05, 4.69) is 0 Å². The van der Waals surface area contributed by atoms with Gasteiger partial charge in [-0.2, -0.15) is 0 Å². The van der Waals surface area contributed by atoms with E-state index in [1.807, 2.05) is 0 Å². The second-order valence-electron chi connectivity index (χ2n) is 3.47. The van der Waals surface area contributed by atoms with Gasteiger partial charge in [0.25, 0.3) is 5.69 Å². The number of hydrogen-bond acceptors (Lipinski definition) is 6. The largest absolute Gasteiger partial charge is 0.493 e. The van der Waals surface area contributed by atoms with Gasteiger partial charge in [0.1, 0.15) is 0 Å². The van der Waals surface area contributed by atoms with Crippen molar-refractivity contribution >= 4 is 23.3 Å². The zero-order chi connectivity index (χ0) is 13.8. The number of nitrogens with zero attached hydrogens (tertiary/aromatic N) is 1. The molecule has 0 amide bonds. The molecule has 0 spiro atoms. The molecular weight excluding hydrogens is 270 g/mol. The Hall–Kier alpha value is -2.41. The van der Waals surface area contributed by atoms with Crippen LogP contribution >= 0.6 is 11.3 Å². The topological polar surface area (TPSA) is 78.7 Å². The Morgan fingerprint density at radius 1 is 1.26 bits per heavy atom. The van der Waals surface area contributed by atoms with E-state index in [4.69, 9.17) is 9.47 Å². The first-order valence-corrected chi connectivity index (χ1v) is 6.01. The van der Waals surface area contributed by atoms with Gasteiger partial charge in [0.15, 0.2) is 22.8 Å². The molecule has 6 nitrogen and oxygen atoms in total. The van der Waals surface area contributed by atoms with Crippen molar-refractivity contribution in [3.05, 3.63) is 45.3 Å². The third-order valence-electron chi connectivity index (χ3n) is 2.29. The second-order valence-corrected chi connectivity index (χ2v) is 4.55. The van der Waals surface area contributed by atoms with Crippen LogP contribution in [0.5, 0.6) is 16.6 Å². The highest BCUT2D eigenvalue weighted by Gasteiger charge is 2.14. The van der Waals surface area contributed by atoms with Crippen molar-refractivity contribution in [3.63, 3.8) is 0 Å². The zero-order valence-corrected chi connectivity index (χ0v) is 10.7. The fourth-order valence-corrected chi connectivity index (χ4v) is 2.10. The highest BCUT2D eigenvalue weighted by atomic mass is 32.1. The number of aldehydes is 1. The summed E-state index contributed by atoms with van der Waals surface area (Å²) >= 11 is 1.15. The summed E-state index contributed by atoms with van der Waals surface area (Å²) in [7, 11) is 1.44. The number of rotatable bonds is 5. The summed E-state index contributed by atoms with van der Waals surface area (Å²) in [4.78, 5) is 21.3. The van der Waals surface area contributed by atoms with Crippen LogP contribution in [0.25, 0.3) is 0 Å². The lowest BCUT2D eigenvalue weighted by atomic mass is 10.3. The molecule has 98 valence electrons. The number of nitro groups is 1. The van der Waals surface area contributed by atoms with Gasteiger partial charge in [-0.1, -0.05) is 11.3 Å². The number of non-ortho nitro benzene ring substituents is 1. The van der Waals surface area contributed by atoms with E-state index in [9.17, 15) is 14.9 Å². The Bertz CT molecular complexity index is 622. The van der Waals surface area contributed by atoms with Crippen molar-refractivity contribution in [2.75, 3.05) is 7.11 Å². The van der Waals surface area contributed by atoms with E-state index in [1.165, 1.54) is 25.3 Å². The molecule has 0 aliphatic rings. The molecule has 0 bridgehead atoms. The lowest BCUT2D eigenvalue weighted by molar-refractivity contribution is -0.384. The minimum Gasteiger partial charge on any atom is -0.493 e. The molecule has 2 rings (SSSR count). The van der Waals surface area contributed by atoms with E-state index in [0.29, 0.717) is 22.0 Å². The standard InChI is InChI=1S/C12H9NO5S/c1-17-10-4-2-8(13(15)16)6-11(10)18-12-5-3-9(7-14)19-12/h2-7H,1H3. The highest BCUT2D eigenvalue weighted by molar-refractivity contribution is 7.15. The van der Waals surface area contributed by atoms with Crippen molar-refractivity contribution in [1.82, 2.24) is 0 Å². The van der Waals surface area contributed by atoms with Gasteiger partial charge in [0, 0.05) is 6.07 Å². The van der Waals surface area contributed by atoms with E-state index >= 15 is 0 Å².